The highest BCUT2D eigenvalue weighted by atomic mass is 14.8. The molecule has 11 heavy (non-hydrogen) atoms. The Hall–Kier alpha value is -1.11. The van der Waals surface area contributed by atoms with Crippen LogP contribution in [0.2, 0.25) is 0 Å². The van der Waals surface area contributed by atoms with Crippen LogP contribution in [0.4, 0.5) is 0 Å². The Kier molecular flexibility index (Phi) is 1.50. The molecule has 0 aliphatic carbocycles. The highest BCUT2D eigenvalue weighted by Crippen LogP contribution is 2.23. The quantitative estimate of drug-likeness (QED) is 0.531. The van der Waals surface area contributed by atoms with Crippen molar-refractivity contribution in [1.29, 1.82) is 0 Å². The van der Waals surface area contributed by atoms with Crippen LogP contribution in [0.15, 0.2) is 29.3 Å². The lowest BCUT2D eigenvalue weighted by Crippen LogP contribution is -2.03. The van der Waals surface area contributed by atoms with Crippen LogP contribution in [0.25, 0.3) is 0 Å². The summed E-state index contributed by atoms with van der Waals surface area (Å²) in [5.74, 6) is 0. The summed E-state index contributed by atoms with van der Waals surface area (Å²) in [6, 6.07) is 8.87. The van der Waals surface area contributed by atoms with Crippen LogP contribution < -0.4 is 0 Å². The number of hydrogen-bond donors (Lipinski definition) is 0. The van der Waals surface area contributed by atoms with Crippen molar-refractivity contribution < 1.29 is 0 Å². The number of nitrogens with zero attached hydrogens (tertiary/aromatic N) is 1. The molecule has 1 heterocycles. The lowest BCUT2D eigenvalue weighted by molar-refractivity contribution is 0.795. The molecule has 0 amide bonds. The fraction of sp³-hybridized carbons (Fsp3) is 0.300. The third kappa shape index (κ3) is 1.07. The summed E-state index contributed by atoms with van der Waals surface area (Å²) in [5, 5.41) is 0. The number of aliphatic imine (C=N–C) groups is 1. The third-order valence-corrected chi connectivity index (χ3v) is 2.15. The van der Waals surface area contributed by atoms with E-state index in [1.165, 1.54) is 11.1 Å². The molecule has 0 saturated carbocycles. The van der Waals surface area contributed by atoms with Crippen molar-refractivity contribution in [2.24, 2.45) is 4.99 Å². The molecule has 56 valence electrons. The summed E-state index contributed by atoms with van der Waals surface area (Å²) in [4.78, 5) is 4.35. The van der Waals surface area contributed by atoms with Gasteiger partial charge in [-0.15, -0.1) is 0 Å². The Morgan fingerprint density at radius 3 is 3.00 bits per heavy atom. The van der Waals surface area contributed by atoms with E-state index in [0.29, 0.717) is 6.04 Å². The van der Waals surface area contributed by atoms with E-state index in [4.69, 9.17) is 0 Å². The van der Waals surface area contributed by atoms with E-state index >= 15 is 0 Å². The van der Waals surface area contributed by atoms with Crippen molar-refractivity contribution in [3.8, 4) is 0 Å². The molecule has 1 aromatic carbocycles. The monoisotopic (exact) mass is 145 g/mol. The maximum atomic E-state index is 4.35. The van der Waals surface area contributed by atoms with E-state index in [-0.39, 0.29) is 0 Å². The molecule has 0 bridgehead atoms. The van der Waals surface area contributed by atoms with E-state index in [1.54, 1.807) is 0 Å². The number of hydrogen-bond acceptors (Lipinski definition) is 1. The van der Waals surface area contributed by atoms with Gasteiger partial charge in [0.2, 0.25) is 0 Å². The summed E-state index contributed by atoms with van der Waals surface area (Å²) in [5.41, 5.74) is 2.81. The molecule has 1 aliphatic rings. The number of benzene rings is 1. The number of fused-ring (bicyclic) bond motifs is 1. The van der Waals surface area contributed by atoms with Crippen LogP contribution >= 0.6 is 0 Å². The molecule has 1 heteroatoms. The summed E-state index contributed by atoms with van der Waals surface area (Å²) >= 11 is 0. The minimum absolute atomic E-state index is 0.361. The van der Waals surface area contributed by atoms with E-state index in [9.17, 15) is 0 Å². The van der Waals surface area contributed by atoms with Crippen molar-refractivity contribution in [3.05, 3.63) is 35.4 Å². The summed E-state index contributed by atoms with van der Waals surface area (Å²) in [6.45, 7) is 2.13. The topological polar surface area (TPSA) is 12.4 Å². The minimum atomic E-state index is 0.361. The summed E-state index contributed by atoms with van der Waals surface area (Å²) in [7, 11) is 0. The Bertz CT molecular complexity index is 289. The van der Waals surface area contributed by atoms with Gasteiger partial charge in [0.25, 0.3) is 0 Å². The maximum Gasteiger partial charge on any atom is 0.0719 e. The molecular weight excluding hydrogens is 134 g/mol. The smallest absolute Gasteiger partial charge is 0.0719 e. The molecule has 0 radical (unpaired) electrons. The van der Waals surface area contributed by atoms with Gasteiger partial charge in [-0.25, -0.2) is 0 Å². The van der Waals surface area contributed by atoms with Crippen LogP contribution in [-0.2, 0) is 6.42 Å². The molecule has 1 atom stereocenters. The predicted molar refractivity (Wildman–Crippen MR) is 47.1 cm³/mol. The van der Waals surface area contributed by atoms with Gasteiger partial charge in [-0.2, -0.15) is 0 Å². The van der Waals surface area contributed by atoms with Gasteiger partial charge < -0.3 is 0 Å². The molecule has 1 aromatic rings. The molecule has 2 rings (SSSR count). The van der Waals surface area contributed by atoms with E-state index in [1.807, 2.05) is 6.21 Å². The second kappa shape index (κ2) is 2.50. The maximum absolute atomic E-state index is 4.35. The molecule has 1 unspecified atom stereocenters. The van der Waals surface area contributed by atoms with Crippen molar-refractivity contribution in [1.82, 2.24) is 0 Å². The molecule has 0 spiro atoms. The molecule has 1 nitrogen and oxygen atoms in total. The van der Waals surface area contributed by atoms with Crippen molar-refractivity contribution in [2.45, 2.75) is 19.4 Å². The van der Waals surface area contributed by atoms with Crippen molar-refractivity contribution in [3.63, 3.8) is 0 Å². The standard InChI is InChI=1S/C10H11N/c1-8-10-5-3-2-4-9(10)6-7-11-8/h2-5,7-8H,6H2,1H3. The Balaban J connectivity index is 2.50. The zero-order valence-electron chi connectivity index (χ0n) is 6.62. The molecular formula is C10H11N. The number of rotatable bonds is 0. The molecule has 0 aromatic heterocycles. The van der Waals surface area contributed by atoms with E-state index in [2.05, 4.69) is 36.2 Å². The van der Waals surface area contributed by atoms with E-state index < -0.39 is 0 Å². The highest BCUT2D eigenvalue weighted by Gasteiger charge is 2.10. The van der Waals surface area contributed by atoms with Gasteiger partial charge in [0.1, 0.15) is 0 Å². The molecule has 0 saturated heterocycles. The largest absolute Gasteiger partial charge is 0.289 e. The van der Waals surface area contributed by atoms with Gasteiger partial charge in [0.15, 0.2) is 0 Å². The molecule has 0 fully saturated rings. The average molecular weight is 145 g/mol. The molecule has 1 aliphatic heterocycles. The normalized spacial score (nSPS) is 21.4. The van der Waals surface area contributed by atoms with Crippen molar-refractivity contribution in [2.75, 3.05) is 0 Å². The predicted octanol–water partition coefficient (Wildman–Crippen LogP) is 2.37. The van der Waals surface area contributed by atoms with E-state index in [0.717, 1.165) is 6.42 Å². The van der Waals surface area contributed by atoms with Gasteiger partial charge in [0.05, 0.1) is 6.04 Å². The minimum Gasteiger partial charge on any atom is -0.289 e. The summed E-state index contributed by atoms with van der Waals surface area (Å²) < 4.78 is 0. The summed E-state index contributed by atoms with van der Waals surface area (Å²) in [6.07, 6.45) is 3.01. The zero-order chi connectivity index (χ0) is 7.68. The van der Waals surface area contributed by atoms with Crippen LogP contribution in [0.1, 0.15) is 24.1 Å². The Morgan fingerprint density at radius 1 is 1.36 bits per heavy atom. The van der Waals surface area contributed by atoms with Gasteiger partial charge in [-0.05, 0) is 18.1 Å². The average Bonchev–Trinajstić information content (AvgIpc) is 2.06. The van der Waals surface area contributed by atoms with Crippen LogP contribution in [-0.4, -0.2) is 6.21 Å². The van der Waals surface area contributed by atoms with Crippen LogP contribution in [0.5, 0.6) is 0 Å². The van der Waals surface area contributed by atoms with Crippen molar-refractivity contribution >= 4 is 6.21 Å². The second-order valence-corrected chi connectivity index (χ2v) is 2.91. The fourth-order valence-corrected chi connectivity index (χ4v) is 1.52. The Labute approximate surface area is 66.8 Å². The third-order valence-electron chi connectivity index (χ3n) is 2.15. The molecule has 0 N–H and O–H groups in total. The first kappa shape index (κ1) is 6.59. The lowest BCUT2D eigenvalue weighted by Gasteiger charge is -2.15. The first-order valence-electron chi connectivity index (χ1n) is 3.97. The van der Waals surface area contributed by atoms with Gasteiger partial charge in [-0.1, -0.05) is 24.3 Å². The zero-order valence-corrected chi connectivity index (χ0v) is 6.62. The SMILES string of the molecule is CC1N=CCc2ccccc21. The van der Waals surface area contributed by atoms with Gasteiger partial charge in [0, 0.05) is 12.6 Å². The second-order valence-electron chi connectivity index (χ2n) is 2.91. The van der Waals surface area contributed by atoms with Gasteiger partial charge >= 0.3 is 0 Å². The first-order chi connectivity index (χ1) is 5.38. The highest BCUT2D eigenvalue weighted by molar-refractivity contribution is 5.65. The lowest BCUT2D eigenvalue weighted by atomic mass is 9.98. The van der Waals surface area contributed by atoms with Gasteiger partial charge in [-0.3, -0.25) is 4.99 Å². The fourth-order valence-electron chi connectivity index (χ4n) is 1.52. The Morgan fingerprint density at radius 2 is 2.18 bits per heavy atom. The van der Waals surface area contributed by atoms with Crippen LogP contribution in [0, 0.1) is 0 Å². The first-order valence-corrected chi connectivity index (χ1v) is 3.97. The van der Waals surface area contributed by atoms with Crippen LogP contribution in [0.3, 0.4) is 0 Å².